The molecule has 0 unspecified atom stereocenters. The topological polar surface area (TPSA) is 14.1 Å². The summed E-state index contributed by atoms with van der Waals surface area (Å²) >= 11 is 0. The Bertz CT molecular complexity index is 274. The summed E-state index contributed by atoms with van der Waals surface area (Å²) in [6.07, 6.45) is 12.9. The average Bonchev–Trinajstić information content (AvgIpc) is 2.72. The lowest BCUT2D eigenvalue weighted by atomic mass is 9.90. The predicted molar refractivity (Wildman–Crippen MR) is 73.7 cm³/mol. The second kappa shape index (κ2) is 6.77. The molecule has 2 aliphatic rings. The van der Waals surface area contributed by atoms with Crippen molar-refractivity contribution in [2.24, 2.45) is 5.92 Å². The van der Waals surface area contributed by atoms with Gasteiger partial charge in [0.2, 0.25) is 0 Å². The van der Waals surface area contributed by atoms with Crippen LogP contribution >= 0.6 is 15.9 Å². The van der Waals surface area contributed by atoms with Crippen LogP contribution in [0, 0.1) is 5.92 Å². The highest BCUT2D eigenvalue weighted by Gasteiger charge is 2.20. The molecule has 0 N–H and O–H groups in total. The molecule has 1 aliphatic heterocycles. The van der Waals surface area contributed by atoms with E-state index in [9.17, 15) is 0 Å². The fourth-order valence-corrected chi connectivity index (χ4v) is 4.86. The summed E-state index contributed by atoms with van der Waals surface area (Å²) < 4.78 is 0. The molecular weight excluding hydrogens is 232 g/mol. The van der Waals surface area contributed by atoms with E-state index in [0.29, 0.717) is 0 Å². The fraction of sp³-hybridized carbons (Fsp3) is 0.846. The fourth-order valence-electron chi connectivity index (χ4n) is 2.72. The van der Waals surface area contributed by atoms with Crippen molar-refractivity contribution in [2.75, 3.05) is 0 Å². The quantitative estimate of drug-likeness (QED) is 0.533. The zero-order chi connectivity index (χ0) is 11.2. The average molecular weight is 254 g/mol. The van der Waals surface area contributed by atoms with Crippen LogP contribution in [0.5, 0.6) is 0 Å². The standard InChI is InChI=1S/C13H22NP2/c1-11-13(14-16-15-11)12-9-7-5-3-2-4-6-8-10-12/h12H,2-10H2,1H3. The van der Waals surface area contributed by atoms with Gasteiger partial charge in [-0.1, -0.05) is 44.9 Å². The van der Waals surface area contributed by atoms with Crippen molar-refractivity contribution < 1.29 is 0 Å². The molecule has 1 fully saturated rings. The largest absolute Gasteiger partial charge is 0.226 e. The second-order valence-corrected chi connectivity index (χ2v) is 7.40. The van der Waals surface area contributed by atoms with Gasteiger partial charge in [-0.05, 0) is 27.6 Å². The monoisotopic (exact) mass is 254 g/mol. The summed E-state index contributed by atoms with van der Waals surface area (Å²) in [6, 6.07) is 0. The first-order chi connectivity index (χ1) is 7.88. The van der Waals surface area contributed by atoms with Gasteiger partial charge in [0.15, 0.2) is 0 Å². The Morgan fingerprint density at radius 3 is 2.00 bits per heavy atom. The Hall–Kier alpha value is 0.140. The molecule has 0 bridgehead atoms. The molecule has 0 aromatic heterocycles. The minimum Gasteiger partial charge on any atom is -0.226 e. The van der Waals surface area contributed by atoms with E-state index < -0.39 is 0 Å². The third-order valence-corrected chi connectivity index (χ3v) is 6.07. The van der Waals surface area contributed by atoms with Crippen LogP contribution in [0.15, 0.2) is 11.0 Å². The molecule has 0 aromatic carbocycles. The van der Waals surface area contributed by atoms with Crippen LogP contribution in [0.25, 0.3) is 0 Å². The van der Waals surface area contributed by atoms with Gasteiger partial charge < -0.3 is 0 Å². The summed E-state index contributed by atoms with van der Waals surface area (Å²) in [6.45, 7) is 2.28. The maximum absolute atomic E-state index is 4.71. The smallest absolute Gasteiger partial charge is 0.0699 e. The van der Waals surface area contributed by atoms with E-state index in [1.165, 1.54) is 79.4 Å². The van der Waals surface area contributed by atoms with E-state index in [1.807, 2.05) is 0 Å². The Balaban J connectivity index is 1.92. The maximum atomic E-state index is 4.71. The van der Waals surface area contributed by atoms with Gasteiger partial charge in [0.1, 0.15) is 0 Å². The molecule has 0 spiro atoms. The highest BCUT2D eigenvalue weighted by Crippen LogP contribution is 2.40. The number of allylic oxidation sites excluding steroid dienone is 2. The first-order valence-corrected chi connectivity index (χ1v) is 9.15. The number of hydrogen-bond donors (Lipinski definition) is 0. The van der Waals surface area contributed by atoms with E-state index >= 15 is 0 Å². The molecule has 0 aromatic rings. The molecule has 1 heterocycles. The predicted octanol–water partition coefficient (Wildman–Crippen LogP) is 5.70. The van der Waals surface area contributed by atoms with E-state index in [0.717, 1.165) is 5.92 Å². The van der Waals surface area contributed by atoms with Gasteiger partial charge in [-0.15, -0.1) is 0 Å². The second-order valence-electron chi connectivity index (χ2n) is 5.01. The third-order valence-electron chi connectivity index (χ3n) is 3.71. The van der Waals surface area contributed by atoms with Gasteiger partial charge in [-0.3, -0.25) is 0 Å². The summed E-state index contributed by atoms with van der Waals surface area (Å²) in [5.74, 6) is 0.792. The van der Waals surface area contributed by atoms with E-state index in [-0.39, 0.29) is 0 Å². The Labute approximate surface area is 103 Å². The van der Waals surface area contributed by atoms with E-state index in [1.54, 1.807) is 5.31 Å². The molecule has 0 amide bonds. The van der Waals surface area contributed by atoms with Gasteiger partial charge in [0.05, 0.1) is 13.7 Å². The highest BCUT2D eigenvalue weighted by atomic mass is 31.7. The van der Waals surface area contributed by atoms with Gasteiger partial charge >= 0.3 is 0 Å². The molecule has 1 saturated carbocycles. The Morgan fingerprint density at radius 2 is 1.50 bits per heavy atom. The molecule has 16 heavy (non-hydrogen) atoms. The number of rotatable bonds is 1. The zero-order valence-electron chi connectivity index (χ0n) is 10.3. The molecular formula is C13H22NP2. The summed E-state index contributed by atoms with van der Waals surface area (Å²) in [7, 11) is 2.70. The lowest BCUT2D eigenvalue weighted by Gasteiger charge is -2.19. The van der Waals surface area contributed by atoms with Gasteiger partial charge in [0, 0.05) is 11.2 Å². The van der Waals surface area contributed by atoms with Crippen molar-refractivity contribution in [1.29, 1.82) is 0 Å². The van der Waals surface area contributed by atoms with Crippen LogP contribution in [0.2, 0.25) is 0 Å². The summed E-state index contributed by atoms with van der Waals surface area (Å²) in [4.78, 5) is 0. The van der Waals surface area contributed by atoms with Crippen LogP contribution in [0.3, 0.4) is 0 Å². The van der Waals surface area contributed by atoms with Crippen LogP contribution in [0.4, 0.5) is 0 Å². The SMILES string of the molecule is CC1=C(C2CCCCCCCCC2)[N]P=P1. The van der Waals surface area contributed by atoms with E-state index in [4.69, 9.17) is 5.09 Å². The molecule has 1 aliphatic carbocycles. The summed E-state index contributed by atoms with van der Waals surface area (Å²) in [5.41, 5.74) is 1.48. The van der Waals surface area contributed by atoms with Gasteiger partial charge in [0.25, 0.3) is 0 Å². The molecule has 3 heteroatoms. The first-order valence-electron chi connectivity index (χ1n) is 6.70. The molecule has 89 valence electrons. The van der Waals surface area contributed by atoms with Crippen molar-refractivity contribution in [3.63, 3.8) is 0 Å². The van der Waals surface area contributed by atoms with Crippen LogP contribution in [0.1, 0.15) is 64.7 Å². The summed E-state index contributed by atoms with van der Waals surface area (Å²) in [5, 5.41) is 6.25. The lowest BCUT2D eigenvalue weighted by molar-refractivity contribution is 0.422. The lowest BCUT2D eigenvalue weighted by Crippen LogP contribution is -2.10. The molecule has 1 nitrogen and oxygen atoms in total. The van der Waals surface area contributed by atoms with Crippen LogP contribution < -0.4 is 5.09 Å². The normalized spacial score (nSPS) is 26.6. The minimum atomic E-state index is 0.792. The molecule has 0 atom stereocenters. The Morgan fingerprint density at radius 1 is 0.938 bits per heavy atom. The van der Waals surface area contributed by atoms with Crippen molar-refractivity contribution in [2.45, 2.75) is 64.7 Å². The van der Waals surface area contributed by atoms with Gasteiger partial charge in [-0.25, -0.2) is 5.09 Å². The molecule has 1 radical (unpaired) electrons. The van der Waals surface area contributed by atoms with E-state index in [2.05, 4.69) is 6.92 Å². The van der Waals surface area contributed by atoms with Gasteiger partial charge in [-0.2, -0.15) is 0 Å². The highest BCUT2D eigenvalue weighted by molar-refractivity contribution is 7.85. The van der Waals surface area contributed by atoms with Crippen molar-refractivity contribution in [3.8, 4) is 0 Å². The van der Waals surface area contributed by atoms with Crippen LogP contribution in [-0.2, 0) is 0 Å². The number of nitrogens with zero attached hydrogens (tertiary/aromatic N) is 1. The zero-order valence-corrected chi connectivity index (χ0v) is 12.1. The van der Waals surface area contributed by atoms with Crippen molar-refractivity contribution in [3.05, 3.63) is 11.0 Å². The first kappa shape index (κ1) is 12.6. The van der Waals surface area contributed by atoms with Crippen molar-refractivity contribution in [1.82, 2.24) is 5.09 Å². The number of hydrogen-bond acceptors (Lipinski definition) is 0. The minimum absolute atomic E-state index is 0.792. The molecule has 2 rings (SSSR count). The third kappa shape index (κ3) is 3.57. The van der Waals surface area contributed by atoms with Crippen LogP contribution in [-0.4, -0.2) is 0 Å². The van der Waals surface area contributed by atoms with Crippen molar-refractivity contribution >= 4 is 15.9 Å². The maximum Gasteiger partial charge on any atom is 0.0699 e. The molecule has 0 saturated heterocycles. The Kier molecular flexibility index (Phi) is 5.33.